The highest BCUT2D eigenvalue weighted by Crippen LogP contribution is 2.34. The van der Waals surface area contributed by atoms with Crippen molar-refractivity contribution in [3.8, 4) is 0 Å². The van der Waals surface area contributed by atoms with Crippen LogP contribution in [0.25, 0.3) is 0 Å². The molecular formula is C19H24N3O3S+. The van der Waals surface area contributed by atoms with Gasteiger partial charge in [-0.3, -0.25) is 14.4 Å². The van der Waals surface area contributed by atoms with Crippen LogP contribution in [-0.2, 0) is 14.4 Å². The molecule has 1 aromatic carbocycles. The Hall–Kier alpha value is -2.12. The summed E-state index contributed by atoms with van der Waals surface area (Å²) in [6.07, 6.45) is 7.18. The summed E-state index contributed by atoms with van der Waals surface area (Å²) in [4.78, 5) is 40.5. The van der Waals surface area contributed by atoms with Gasteiger partial charge >= 0.3 is 0 Å². The molecule has 1 heterocycles. The molecule has 0 aromatic heterocycles. The van der Waals surface area contributed by atoms with E-state index in [2.05, 4.69) is 5.32 Å². The van der Waals surface area contributed by atoms with Gasteiger partial charge in [-0.1, -0.05) is 24.3 Å². The van der Waals surface area contributed by atoms with Gasteiger partial charge in [0.25, 0.3) is 5.91 Å². The minimum atomic E-state index is -0.220. The quantitative estimate of drug-likeness (QED) is 0.438. The molecule has 1 aromatic rings. The van der Waals surface area contributed by atoms with Crippen LogP contribution < -0.4 is 10.2 Å². The number of fused-ring (bicyclic) bond motifs is 1. The molecule has 1 saturated heterocycles. The highest BCUT2D eigenvalue weighted by molar-refractivity contribution is 7.98. The molecule has 2 aliphatic rings. The van der Waals surface area contributed by atoms with Crippen LogP contribution in [-0.4, -0.2) is 49.1 Å². The minimum Gasteiger partial charge on any atom is -0.320 e. The lowest BCUT2D eigenvalue weighted by Crippen LogP contribution is -3.11. The zero-order valence-corrected chi connectivity index (χ0v) is 15.8. The van der Waals surface area contributed by atoms with Gasteiger partial charge in [-0.25, -0.2) is 4.90 Å². The molecule has 7 heteroatoms. The summed E-state index contributed by atoms with van der Waals surface area (Å²) < 4.78 is 0. The Balaban J connectivity index is 1.57. The van der Waals surface area contributed by atoms with E-state index in [0.29, 0.717) is 12.8 Å². The Morgan fingerprint density at radius 2 is 1.81 bits per heavy atom. The average Bonchev–Trinajstić information content (AvgIpc) is 2.87. The molecule has 26 heavy (non-hydrogen) atoms. The van der Waals surface area contributed by atoms with E-state index in [1.54, 1.807) is 11.8 Å². The first kappa shape index (κ1) is 18.7. The third kappa shape index (κ3) is 3.83. The average molecular weight is 374 g/mol. The van der Waals surface area contributed by atoms with Crippen LogP contribution in [0.1, 0.15) is 12.8 Å². The molecule has 1 aliphatic heterocycles. The highest BCUT2D eigenvalue weighted by atomic mass is 32.2. The first-order valence-electron chi connectivity index (χ1n) is 8.75. The number of thioether (sulfide) groups is 1. The summed E-state index contributed by atoms with van der Waals surface area (Å²) in [6, 6.07) is 7.62. The SMILES string of the molecule is CSc1ccccc1NC(=O)C[NH+](C)CN1C(=O)[C@H]2CC=CC[C@@H]2C1=O. The van der Waals surface area contributed by atoms with Crippen molar-refractivity contribution in [2.24, 2.45) is 11.8 Å². The molecule has 1 fully saturated rings. The van der Waals surface area contributed by atoms with Crippen molar-refractivity contribution < 1.29 is 19.3 Å². The van der Waals surface area contributed by atoms with Crippen molar-refractivity contribution in [2.75, 3.05) is 31.8 Å². The molecule has 6 nitrogen and oxygen atoms in total. The summed E-state index contributed by atoms with van der Waals surface area (Å²) in [5.41, 5.74) is 0.781. The number of allylic oxidation sites excluding steroid dienone is 2. The lowest BCUT2D eigenvalue weighted by atomic mass is 9.85. The standard InChI is InChI=1S/C19H23N3O3S/c1-21(11-17(23)20-15-9-5-6-10-16(15)26-2)12-22-18(24)13-7-3-4-8-14(13)19(22)25/h3-6,9-10,13-14H,7-8,11-12H2,1-2H3,(H,20,23)/p+1/t13-,14-/m0/s1. The molecule has 0 bridgehead atoms. The summed E-state index contributed by atoms with van der Waals surface area (Å²) in [5.74, 6) is -0.777. The molecule has 2 N–H and O–H groups in total. The number of carbonyl (C=O) groups is 3. The Morgan fingerprint density at radius 1 is 1.19 bits per heavy atom. The number of benzene rings is 1. The zero-order valence-electron chi connectivity index (χ0n) is 15.0. The number of hydrogen-bond acceptors (Lipinski definition) is 4. The second-order valence-electron chi connectivity index (χ2n) is 6.80. The second kappa shape index (κ2) is 8.05. The number of amides is 3. The van der Waals surface area contributed by atoms with Gasteiger partial charge in [0.2, 0.25) is 11.8 Å². The fourth-order valence-corrected chi connectivity index (χ4v) is 4.12. The molecule has 3 amide bonds. The second-order valence-corrected chi connectivity index (χ2v) is 7.65. The van der Waals surface area contributed by atoms with Crippen molar-refractivity contribution in [1.82, 2.24) is 4.90 Å². The van der Waals surface area contributed by atoms with E-state index in [-0.39, 0.29) is 42.8 Å². The number of para-hydroxylation sites is 1. The van der Waals surface area contributed by atoms with Gasteiger partial charge in [-0.05, 0) is 31.2 Å². The zero-order chi connectivity index (χ0) is 18.7. The van der Waals surface area contributed by atoms with E-state index in [1.807, 2.05) is 49.7 Å². The first-order valence-corrected chi connectivity index (χ1v) is 9.98. The van der Waals surface area contributed by atoms with Crippen LogP contribution in [0.4, 0.5) is 5.69 Å². The van der Waals surface area contributed by atoms with Crippen molar-refractivity contribution in [2.45, 2.75) is 17.7 Å². The maximum absolute atomic E-state index is 12.5. The number of likely N-dealkylation sites (tertiary alicyclic amines) is 1. The number of nitrogens with zero attached hydrogens (tertiary/aromatic N) is 1. The van der Waals surface area contributed by atoms with E-state index in [1.165, 1.54) is 4.90 Å². The van der Waals surface area contributed by atoms with Crippen LogP contribution in [0.3, 0.4) is 0 Å². The summed E-state index contributed by atoms with van der Waals surface area (Å²) in [5, 5.41) is 2.91. The molecule has 3 rings (SSSR count). The van der Waals surface area contributed by atoms with Crippen LogP contribution >= 0.6 is 11.8 Å². The molecule has 0 saturated carbocycles. The van der Waals surface area contributed by atoms with Crippen molar-refractivity contribution in [3.63, 3.8) is 0 Å². The van der Waals surface area contributed by atoms with Crippen molar-refractivity contribution >= 4 is 35.2 Å². The Morgan fingerprint density at radius 3 is 2.42 bits per heavy atom. The third-order valence-electron chi connectivity index (χ3n) is 4.87. The molecule has 1 unspecified atom stereocenters. The number of carbonyl (C=O) groups excluding carboxylic acids is 3. The molecule has 138 valence electrons. The number of imide groups is 1. The Bertz CT molecular complexity index is 723. The number of anilines is 1. The van der Waals surface area contributed by atoms with Crippen LogP contribution in [0.2, 0.25) is 0 Å². The smallest absolute Gasteiger partial charge is 0.279 e. The van der Waals surface area contributed by atoms with E-state index in [4.69, 9.17) is 0 Å². The maximum atomic E-state index is 12.5. The first-order chi connectivity index (χ1) is 12.5. The molecule has 1 aliphatic carbocycles. The summed E-state index contributed by atoms with van der Waals surface area (Å²) in [6.45, 7) is 0.412. The number of likely N-dealkylation sites (N-methyl/N-ethyl adjacent to an activating group) is 1. The summed E-state index contributed by atoms with van der Waals surface area (Å²) >= 11 is 1.57. The normalized spacial score (nSPS) is 23.1. The monoisotopic (exact) mass is 374 g/mol. The predicted octanol–water partition coefficient (Wildman–Crippen LogP) is 0.770. The third-order valence-corrected chi connectivity index (χ3v) is 5.67. The van der Waals surface area contributed by atoms with E-state index in [0.717, 1.165) is 15.5 Å². The van der Waals surface area contributed by atoms with Gasteiger partial charge < -0.3 is 10.2 Å². The fourth-order valence-electron chi connectivity index (χ4n) is 3.57. The van der Waals surface area contributed by atoms with E-state index in [9.17, 15) is 14.4 Å². The molecule has 0 spiro atoms. The van der Waals surface area contributed by atoms with Crippen LogP contribution in [0.15, 0.2) is 41.3 Å². The number of nitrogens with one attached hydrogen (secondary N) is 2. The van der Waals surface area contributed by atoms with Crippen molar-refractivity contribution in [3.05, 3.63) is 36.4 Å². The fraction of sp³-hybridized carbons (Fsp3) is 0.421. The van der Waals surface area contributed by atoms with E-state index < -0.39 is 0 Å². The van der Waals surface area contributed by atoms with Gasteiger partial charge in [-0.15, -0.1) is 11.8 Å². The topological polar surface area (TPSA) is 70.9 Å². The van der Waals surface area contributed by atoms with Gasteiger partial charge in [0, 0.05) is 4.90 Å². The molecular weight excluding hydrogens is 350 g/mol. The van der Waals surface area contributed by atoms with Gasteiger partial charge in [0.05, 0.1) is 24.6 Å². The Labute approximate surface area is 157 Å². The number of hydrogen-bond donors (Lipinski definition) is 2. The highest BCUT2D eigenvalue weighted by Gasteiger charge is 2.48. The molecule has 3 atom stereocenters. The lowest BCUT2D eigenvalue weighted by molar-refractivity contribution is -0.878. The van der Waals surface area contributed by atoms with Crippen molar-refractivity contribution in [1.29, 1.82) is 0 Å². The number of quaternary nitrogens is 1. The molecule has 0 radical (unpaired) electrons. The van der Waals surface area contributed by atoms with Crippen LogP contribution in [0, 0.1) is 11.8 Å². The van der Waals surface area contributed by atoms with Gasteiger partial charge in [-0.2, -0.15) is 0 Å². The Kier molecular flexibility index (Phi) is 5.78. The minimum absolute atomic E-state index is 0.100. The van der Waals surface area contributed by atoms with Crippen LogP contribution in [0.5, 0.6) is 0 Å². The van der Waals surface area contributed by atoms with Gasteiger partial charge in [0.15, 0.2) is 13.2 Å². The summed E-state index contributed by atoms with van der Waals surface area (Å²) in [7, 11) is 1.82. The predicted molar refractivity (Wildman–Crippen MR) is 101 cm³/mol. The maximum Gasteiger partial charge on any atom is 0.279 e. The number of rotatable bonds is 6. The van der Waals surface area contributed by atoms with Gasteiger partial charge in [0.1, 0.15) is 0 Å². The lowest BCUT2D eigenvalue weighted by Gasteiger charge is -2.20. The van der Waals surface area contributed by atoms with E-state index >= 15 is 0 Å². The largest absolute Gasteiger partial charge is 0.320 e.